The van der Waals surface area contributed by atoms with Crippen molar-refractivity contribution in [2.75, 3.05) is 25.4 Å². The summed E-state index contributed by atoms with van der Waals surface area (Å²) in [5, 5.41) is 3.16. The SMILES string of the molecule is CCC(NC(=O)c1cc(N)ccc1C)C1CN(Cc2ccccc2)CCO1. The van der Waals surface area contributed by atoms with Gasteiger partial charge in [-0.15, -0.1) is 0 Å². The molecule has 1 fully saturated rings. The number of hydrogen-bond donors (Lipinski definition) is 2. The highest BCUT2D eigenvalue weighted by atomic mass is 16.5. The van der Waals surface area contributed by atoms with E-state index in [1.54, 1.807) is 6.07 Å². The number of ether oxygens (including phenoxy) is 1. The first kappa shape index (κ1) is 19.4. The van der Waals surface area contributed by atoms with Crippen LogP contribution in [0.1, 0.15) is 34.8 Å². The van der Waals surface area contributed by atoms with E-state index in [0.29, 0.717) is 17.9 Å². The quantitative estimate of drug-likeness (QED) is 0.770. The lowest BCUT2D eigenvalue weighted by Gasteiger charge is -2.37. The van der Waals surface area contributed by atoms with Gasteiger partial charge in [-0.3, -0.25) is 9.69 Å². The van der Waals surface area contributed by atoms with Gasteiger partial charge in [0.2, 0.25) is 0 Å². The lowest BCUT2D eigenvalue weighted by Crippen LogP contribution is -2.53. The zero-order valence-corrected chi connectivity index (χ0v) is 16.2. The maximum Gasteiger partial charge on any atom is 0.251 e. The van der Waals surface area contributed by atoms with Crippen molar-refractivity contribution in [1.82, 2.24) is 10.2 Å². The molecular formula is C22H29N3O2. The van der Waals surface area contributed by atoms with Gasteiger partial charge >= 0.3 is 0 Å². The standard InChI is InChI=1S/C22H29N3O2/c1-3-20(24-22(26)19-13-18(23)10-9-16(19)2)21-15-25(11-12-27-21)14-17-7-5-4-6-8-17/h4-10,13,20-21H,3,11-12,14-15,23H2,1-2H3,(H,24,26). The predicted molar refractivity (Wildman–Crippen MR) is 109 cm³/mol. The number of hydrogen-bond acceptors (Lipinski definition) is 4. The van der Waals surface area contributed by atoms with Crippen molar-refractivity contribution in [2.45, 2.75) is 39.0 Å². The molecule has 1 amide bonds. The molecule has 0 radical (unpaired) electrons. The molecule has 2 aromatic rings. The van der Waals surface area contributed by atoms with Crippen LogP contribution in [0.2, 0.25) is 0 Å². The monoisotopic (exact) mass is 367 g/mol. The van der Waals surface area contributed by atoms with Gasteiger partial charge in [-0.2, -0.15) is 0 Å². The average Bonchev–Trinajstić information content (AvgIpc) is 2.68. The van der Waals surface area contributed by atoms with Crippen LogP contribution in [0.25, 0.3) is 0 Å². The van der Waals surface area contributed by atoms with E-state index in [4.69, 9.17) is 10.5 Å². The summed E-state index contributed by atoms with van der Waals surface area (Å²) in [7, 11) is 0. The minimum absolute atomic E-state index is 0.0159. The number of anilines is 1. The fourth-order valence-electron chi connectivity index (χ4n) is 3.55. The number of nitrogen functional groups attached to an aromatic ring is 1. The summed E-state index contributed by atoms with van der Waals surface area (Å²) in [6.45, 7) is 7.30. The van der Waals surface area contributed by atoms with Crippen LogP contribution in [0.5, 0.6) is 0 Å². The molecule has 0 aliphatic carbocycles. The molecule has 2 unspecified atom stereocenters. The second-order valence-electron chi connectivity index (χ2n) is 7.19. The Morgan fingerprint density at radius 2 is 2.07 bits per heavy atom. The van der Waals surface area contributed by atoms with Crippen molar-refractivity contribution in [3.05, 3.63) is 65.2 Å². The Labute approximate surface area is 161 Å². The Kier molecular flexibility index (Phi) is 6.48. The van der Waals surface area contributed by atoms with Crippen LogP contribution >= 0.6 is 0 Å². The molecule has 1 aliphatic heterocycles. The average molecular weight is 367 g/mol. The van der Waals surface area contributed by atoms with E-state index >= 15 is 0 Å². The number of carbonyl (C=O) groups is 1. The van der Waals surface area contributed by atoms with Crippen LogP contribution in [0.4, 0.5) is 5.69 Å². The first-order chi connectivity index (χ1) is 13.1. The molecule has 0 aromatic heterocycles. The number of nitrogens with one attached hydrogen (secondary N) is 1. The third-order valence-corrected chi connectivity index (χ3v) is 5.14. The van der Waals surface area contributed by atoms with Crippen LogP contribution in [-0.4, -0.2) is 42.6 Å². The summed E-state index contributed by atoms with van der Waals surface area (Å²) in [4.78, 5) is 15.2. The summed E-state index contributed by atoms with van der Waals surface area (Å²) >= 11 is 0. The van der Waals surface area contributed by atoms with E-state index in [1.807, 2.05) is 25.1 Å². The third kappa shape index (κ3) is 5.08. The lowest BCUT2D eigenvalue weighted by molar-refractivity contribution is -0.0483. The normalized spacial score (nSPS) is 18.8. The molecule has 5 heteroatoms. The summed E-state index contributed by atoms with van der Waals surface area (Å²) in [5.41, 5.74) is 9.30. The second kappa shape index (κ2) is 9.02. The van der Waals surface area contributed by atoms with Crippen molar-refractivity contribution in [3.8, 4) is 0 Å². The highest BCUT2D eigenvalue weighted by Gasteiger charge is 2.28. The van der Waals surface area contributed by atoms with Crippen molar-refractivity contribution in [2.24, 2.45) is 0 Å². The molecular weight excluding hydrogens is 338 g/mol. The van der Waals surface area contributed by atoms with Crippen molar-refractivity contribution in [3.63, 3.8) is 0 Å². The highest BCUT2D eigenvalue weighted by Crippen LogP contribution is 2.17. The van der Waals surface area contributed by atoms with E-state index in [2.05, 4.69) is 41.4 Å². The Morgan fingerprint density at radius 1 is 1.30 bits per heavy atom. The Hall–Kier alpha value is -2.37. The van der Waals surface area contributed by atoms with Gasteiger partial charge in [-0.1, -0.05) is 43.3 Å². The fraction of sp³-hybridized carbons (Fsp3) is 0.409. The molecule has 3 N–H and O–H groups in total. The Balaban J connectivity index is 1.64. The summed E-state index contributed by atoms with van der Waals surface area (Å²) in [6.07, 6.45) is 0.800. The molecule has 0 spiro atoms. The number of carbonyl (C=O) groups excluding carboxylic acids is 1. The van der Waals surface area contributed by atoms with Crippen LogP contribution < -0.4 is 11.1 Å². The molecule has 1 aliphatic rings. The van der Waals surface area contributed by atoms with Crippen molar-refractivity contribution in [1.29, 1.82) is 0 Å². The summed E-state index contributed by atoms with van der Waals surface area (Å²) < 4.78 is 6.01. The molecule has 1 heterocycles. The number of nitrogens with zero attached hydrogens (tertiary/aromatic N) is 1. The van der Waals surface area contributed by atoms with E-state index < -0.39 is 0 Å². The maximum atomic E-state index is 12.8. The van der Waals surface area contributed by atoms with Crippen LogP contribution in [-0.2, 0) is 11.3 Å². The van der Waals surface area contributed by atoms with Gasteiger partial charge in [0.05, 0.1) is 18.8 Å². The van der Waals surface area contributed by atoms with E-state index in [-0.39, 0.29) is 18.1 Å². The summed E-state index contributed by atoms with van der Waals surface area (Å²) in [6, 6.07) is 15.9. The second-order valence-corrected chi connectivity index (χ2v) is 7.19. The number of morpholine rings is 1. The zero-order valence-electron chi connectivity index (χ0n) is 16.2. The molecule has 2 atom stereocenters. The Bertz CT molecular complexity index is 763. The van der Waals surface area contributed by atoms with Gasteiger partial charge in [-0.05, 0) is 36.6 Å². The number of rotatable bonds is 6. The first-order valence-corrected chi connectivity index (χ1v) is 9.61. The first-order valence-electron chi connectivity index (χ1n) is 9.61. The van der Waals surface area contributed by atoms with Gasteiger partial charge < -0.3 is 15.8 Å². The molecule has 27 heavy (non-hydrogen) atoms. The molecule has 0 bridgehead atoms. The molecule has 2 aromatic carbocycles. The third-order valence-electron chi connectivity index (χ3n) is 5.14. The molecule has 5 nitrogen and oxygen atoms in total. The molecule has 144 valence electrons. The maximum absolute atomic E-state index is 12.8. The van der Waals surface area contributed by atoms with E-state index in [1.165, 1.54) is 5.56 Å². The molecule has 1 saturated heterocycles. The number of aryl methyl sites for hydroxylation is 1. The number of nitrogens with two attached hydrogens (primary N) is 1. The minimum atomic E-state index is -0.0876. The topological polar surface area (TPSA) is 67.6 Å². The van der Waals surface area contributed by atoms with Crippen LogP contribution in [0.3, 0.4) is 0 Å². The number of amides is 1. The summed E-state index contributed by atoms with van der Waals surface area (Å²) in [5.74, 6) is -0.0876. The largest absolute Gasteiger partial charge is 0.399 e. The lowest BCUT2D eigenvalue weighted by atomic mass is 10.0. The van der Waals surface area contributed by atoms with Crippen molar-refractivity contribution >= 4 is 11.6 Å². The van der Waals surface area contributed by atoms with Gasteiger partial charge in [0, 0.05) is 30.9 Å². The minimum Gasteiger partial charge on any atom is -0.399 e. The fourth-order valence-corrected chi connectivity index (χ4v) is 3.55. The van der Waals surface area contributed by atoms with E-state index in [0.717, 1.165) is 31.6 Å². The van der Waals surface area contributed by atoms with Crippen LogP contribution in [0.15, 0.2) is 48.5 Å². The van der Waals surface area contributed by atoms with Gasteiger partial charge in [0.1, 0.15) is 0 Å². The predicted octanol–water partition coefficient (Wildman–Crippen LogP) is 2.99. The number of benzene rings is 2. The van der Waals surface area contributed by atoms with Crippen LogP contribution in [0, 0.1) is 6.92 Å². The van der Waals surface area contributed by atoms with Gasteiger partial charge in [0.25, 0.3) is 5.91 Å². The molecule has 3 rings (SSSR count). The van der Waals surface area contributed by atoms with Crippen molar-refractivity contribution < 1.29 is 9.53 Å². The van der Waals surface area contributed by atoms with E-state index in [9.17, 15) is 4.79 Å². The smallest absolute Gasteiger partial charge is 0.251 e. The highest BCUT2D eigenvalue weighted by molar-refractivity contribution is 5.96. The zero-order chi connectivity index (χ0) is 19.2. The molecule has 0 saturated carbocycles. The Morgan fingerprint density at radius 3 is 2.81 bits per heavy atom. The van der Waals surface area contributed by atoms with Gasteiger partial charge in [-0.25, -0.2) is 0 Å². The van der Waals surface area contributed by atoms with Gasteiger partial charge in [0.15, 0.2) is 0 Å².